The Labute approximate surface area is 143 Å². The van der Waals surface area contributed by atoms with Gasteiger partial charge in [-0.15, -0.1) is 0 Å². The summed E-state index contributed by atoms with van der Waals surface area (Å²) in [6.07, 6.45) is 0. The quantitative estimate of drug-likeness (QED) is 0.843. The lowest BCUT2D eigenvalue weighted by molar-refractivity contribution is -0.114. The van der Waals surface area contributed by atoms with Crippen LogP contribution >= 0.6 is 11.6 Å². The molecule has 0 radical (unpaired) electrons. The zero-order chi connectivity index (χ0) is 17.9. The number of sulfonamides is 1. The maximum atomic E-state index is 13.4. The highest BCUT2D eigenvalue weighted by molar-refractivity contribution is 7.92. The molecule has 0 fully saturated rings. The molecular formula is C15H14ClFN2O4S. The van der Waals surface area contributed by atoms with Crippen LogP contribution in [0, 0.1) is 5.82 Å². The van der Waals surface area contributed by atoms with E-state index in [0.717, 1.165) is 12.1 Å². The molecule has 9 heteroatoms. The van der Waals surface area contributed by atoms with E-state index < -0.39 is 21.7 Å². The number of halogens is 2. The molecule has 2 rings (SSSR count). The molecule has 6 nitrogen and oxygen atoms in total. The van der Waals surface area contributed by atoms with Gasteiger partial charge in [-0.2, -0.15) is 0 Å². The molecule has 0 bridgehead atoms. The highest BCUT2D eigenvalue weighted by Crippen LogP contribution is 2.30. The van der Waals surface area contributed by atoms with E-state index >= 15 is 0 Å². The third-order valence-electron chi connectivity index (χ3n) is 2.97. The second-order valence-electron chi connectivity index (χ2n) is 4.77. The number of carbonyl (C=O) groups is 1. The van der Waals surface area contributed by atoms with E-state index in [-0.39, 0.29) is 21.3 Å². The first-order valence-electron chi connectivity index (χ1n) is 6.66. The van der Waals surface area contributed by atoms with E-state index in [4.69, 9.17) is 16.3 Å². The number of methoxy groups -OCH3 is 1. The van der Waals surface area contributed by atoms with Crippen LogP contribution in [-0.2, 0) is 14.8 Å². The van der Waals surface area contributed by atoms with E-state index in [0.29, 0.717) is 5.75 Å². The Morgan fingerprint density at radius 3 is 2.46 bits per heavy atom. The average molecular weight is 373 g/mol. The maximum Gasteiger partial charge on any atom is 0.262 e. The zero-order valence-corrected chi connectivity index (χ0v) is 14.3. The van der Waals surface area contributed by atoms with Gasteiger partial charge in [0.1, 0.15) is 11.6 Å². The molecule has 0 spiro atoms. The summed E-state index contributed by atoms with van der Waals surface area (Å²) in [5, 5.41) is 2.54. The molecule has 0 atom stereocenters. The molecule has 0 saturated carbocycles. The third kappa shape index (κ3) is 4.15. The fourth-order valence-electron chi connectivity index (χ4n) is 1.92. The lowest BCUT2D eigenvalue weighted by atomic mass is 10.2. The number of hydrogen-bond donors (Lipinski definition) is 2. The number of hydrogen-bond acceptors (Lipinski definition) is 4. The average Bonchev–Trinajstić information content (AvgIpc) is 2.49. The smallest absolute Gasteiger partial charge is 0.262 e. The second-order valence-corrected chi connectivity index (χ2v) is 6.86. The summed E-state index contributed by atoms with van der Waals surface area (Å²) in [6, 6.07) is 7.23. The van der Waals surface area contributed by atoms with Gasteiger partial charge >= 0.3 is 0 Å². The first kappa shape index (κ1) is 18.0. The predicted octanol–water partition coefficient (Wildman–Crippen LogP) is 3.25. The summed E-state index contributed by atoms with van der Waals surface area (Å²) in [5.41, 5.74) is 0.0317. The van der Waals surface area contributed by atoms with Crippen molar-refractivity contribution < 1.29 is 22.3 Å². The van der Waals surface area contributed by atoms with Gasteiger partial charge in [0.2, 0.25) is 5.91 Å². The monoisotopic (exact) mass is 372 g/mol. The fourth-order valence-corrected chi connectivity index (χ4v) is 3.34. The highest BCUT2D eigenvalue weighted by atomic mass is 35.5. The van der Waals surface area contributed by atoms with Crippen molar-refractivity contribution in [1.82, 2.24) is 0 Å². The molecule has 0 aliphatic carbocycles. The van der Waals surface area contributed by atoms with Crippen molar-refractivity contribution in [3.63, 3.8) is 0 Å². The minimum atomic E-state index is -4.04. The van der Waals surface area contributed by atoms with Gasteiger partial charge in [0.15, 0.2) is 0 Å². The van der Waals surface area contributed by atoms with Crippen molar-refractivity contribution in [1.29, 1.82) is 0 Å². The van der Waals surface area contributed by atoms with Gasteiger partial charge in [-0.1, -0.05) is 11.6 Å². The van der Waals surface area contributed by atoms with Crippen LogP contribution in [0.15, 0.2) is 41.3 Å². The number of benzene rings is 2. The Balaban J connectivity index is 2.40. The molecule has 0 aromatic heterocycles. The maximum absolute atomic E-state index is 13.4. The van der Waals surface area contributed by atoms with E-state index in [1.54, 1.807) is 0 Å². The number of ether oxygens (including phenoxy) is 1. The normalized spacial score (nSPS) is 11.0. The molecule has 24 heavy (non-hydrogen) atoms. The van der Waals surface area contributed by atoms with Crippen molar-refractivity contribution in [2.24, 2.45) is 0 Å². The van der Waals surface area contributed by atoms with Gasteiger partial charge in [-0.3, -0.25) is 9.52 Å². The Morgan fingerprint density at radius 2 is 1.88 bits per heavy atom. The van der Waals surface area contributed by atoms with Crippen LogP contribution in [0.2, 0.25) is 5.02 Å². The third-order valence-corrected chi connectivity index (χ3v) is 4.63. The number of rotatable bonds is 5. The first-order chi connectivity index (χ1) is 11.2. The Bertz CT molecular complexity index is 887. The number of amides is 1. The molecule has 0 aliphatic heterocycles. The van der Waals surface area contributed by atoms with E-state index in [2.05, 4.69) is 10.0 Å². The minimum Gasteiger partial charge on any atom is -0.495 e. The van der Waals surface area contributed by atoms with Crippen molar-refractivity contribution >= 4 is 38.9 Å². The van der Waals surface area contributed by atoms with Crippen LogP contribution in [0.3, 0.4) is 0 Å². The molecule has 0 saturated heterocycles. The first-order valence-corrected chi connectivity index (χ1v) is 8.52. The SMILES string of the molecule is COc1ccc(S(=O)(=O)Nc2cc(F)ccc2NC(C)=O)cc1Cl. The fraction of sp³-hybridized carbons (Fsp3) is 0.133. The van der Waals surface area contributed by atoms with Crippen molar-refractivity contribution in [3.05, 3.63) is 47.2 Å². The molecular weight excluding hydrogens is 359 g/mol. The minimum absolute atomic E-state index is 0.0999. The number of anilines is 2. The summed E-state index contributed by atoms with van der Waals surface area (Å²) in [4.78, 5) is 11.1. The van der Waals surface area contributed by atoms with Crippen LogP contribution < -0.4 is 14.8 Å². The van der Waals surface area contributed by atoms with Gasteiger partial charge in [-0.05, 0) is 30.3 Å². The van der Waals surface area contributed by atoms with Crippen molar-refractivity contribution in [2.75, 3.05) is 17.1 Å². The van der Waals surface area contributed by atoms with Crippen LogP contribution in [0.25, 0.3) is 0 Å². The van der Waals surface area contributed by atoms with Gasteiger partial charge in [0, 0.05) is 13.0 Å². The van der Waals surface area contributed by atoms with Crippen LogP contribution in [0.4, 0.5) is 15.8 Å². The van der Waals surface area contributed by atoms with Crippen LogP contribution in [-0.4, -0.2) is 21.4 Å². The summed E-state index contributed by atoms with van der Waals surface area (Å²) >= 11 is 5.93. The number of carbonyl (C=O) groups excluding carboxylic acids is 1. The number of nitrogens with one attached hydrogen (secondary N) is 2. The van der Waals surface area contributed by atoms with E-state index in [1.807, 2.05) is 0 Å². The largest absolute Gasteiger partial charge is 0.495 e. The summed E-state index contributed by atoms with van der Waals surface area (Å²) < 4.78 is 45.6. The molecule has 0 aliphatic rings. The molecule has 1 amide bonds. The molecule has 0 heterocycles. The summed E-state index contributed by atoms with van der Waals surface area (Å²) in [5.74, 6) is -0.760. The predicted molar refractivity (Wildman–Crippen MR) is 89.5 cm³/mol. The Kier molecular flexibility index (Phi) is 5.30. The lowest BCUT2D eigenvalue weighted by Gasteiger charge is -2.13. The van der Waals surface area contributed by atoms with Gasteiger partial charge in [0.25, 0.3) is 10.0 Å². The van der Waals surface area contributed by atoms with E-state index in [9.17, 15) is 17.6 Å². The standard InChI is InChI=1S/C15H14ClFN2O4S/c1-9(20)18-13-5-3-10(17)7-14(13)19-24(21,22)11-4-6-15(23-2)12(16)8-11/h3-8,19H,1-2H3,(H,18,20). The zero-order valence-electron chi connectivity index (χ0n) is 12.8. The second kappa shape index (κ2) is 7.06. The van der Waals surface area contributed by atoms with Crippen molar-refractivity contribution in [3.8, 4) is 5.75 Å². The Morgan fingerprint density at radius 1 is 1.17 bits per heavy atom. The molecule has 2 aromatic carbocycles. The summed E-state index contributed by atoms with van der Waals surface area (Å²) in [7, 11) is -2.64. The van der Waals surface area contributed by atoms with Crippen LogP contribution in [0.1, 0.15) is 6.92 Å². The topological polar surface area (TPSA) is 84.5 Å². The summed E-state index contributed by atoms with van der Waals surface area (Å²) in [6.45, 7) is 1.25. The molecule has 0 unspecified atom stereocenters. The molecule has 2 aromatic rings. The van der Waals surface area contributed by atoms with E-state index in [1.165, 1.54) is 38.3 Å². The van der Waals surface area contributed by atoms with Crippen LogP contribution in [0.5, 0.6) is 5.75 Å². The van der Waals surface area contributed by atoms with Gasteiger partial charge in [-0.25, -0.2) is 12.8 Å². The Hall–Kier alpha value is -2.32. The van der Waals surface area contributed by atoms with Gasteiger partial charge < -0.3 is 10.1 Å². The highest BCUT2D eigenvalue weighted by Gasteiger charge is 2.18. The molecule has 128 valence electrons. The van der Waals surface area contributed by atoms with Gasteiger partial charge in [0.05, 0.1) is 28.4 Å². The lowest BCUT2D eigenvalue weighted by Crippen LogP contribution is -2.16. The molecule has 2 N–H and O–H groups in total. The van der Waals surface area contributed by atoms with Crippen molar-refractivity contribution in [2.45, 2.75) is 11.8 Å².